The average Bonchev–Trinajstić information content (AvgIpc) is 2.97. The minimum Gasteiger partial charge on any atom is -0.419 e. The van der Waals surface area contributed by atoms with Gasteiger partial charge in [0.15, 0.2) is 0 Å². The van der Waals surface area contributed by atoms with Crippen LogP contribution in [0.1, 0.15) is 11.5 Å². The van der Waals surface area contributed by atoms with Gasteiger partial charge in [0, 0.05) is 29.0 Å². The number of nitrogens with zero attached hydrogens (tertiary/aromatic N) is 3. The van der Waals surface area contributed by atoms with E-state index >= 15 is 0 Å². The van der Waals surface area contributed by atoms with Gasteiger partial charge in [0.2, 0.25) is 11.8 Å². The molecule has 3 rings (SSSR count). The predicted octanol–water partition coefficient (Wildman–Crippen LogP) is 3.18. The maximum atomic E-state index is 5.64. The Hall–Kier alpha value is -2.05. The highest BCUT2D eigenvalue weighted by molar-refractivity contribution is 9.10. The van der Waals surface area contributed by atoms with Crippen molar-refractivity contribution >= 4 is 15.9 Å². The van der Waals surface area contributed by atoms with Crippen LogP contribution < -0.4 is 5.32 Å². The van der Waals surface area contributed by atoms with E-state index in [-0.39, 0.29) is 0 Å². The molecule has 0 spiro atoms. The standard InChI is InChI=1S/C15H13BrN4O/c16-13-5-1-4-12(7-13)15-20-19-14(21-15)10-18-9-11-3-2-6-17-8-11/h1-8,18H,9-10H2. The van der Waals surface area contributed by atoms with Crippen molar-refractivity contribution < 1.29 is 4.42 Å². The van der Waals surface area contributed by atoms with E-state index < -0.39 is 0 Å². The van der Waals surface area contributed by atoms with Crippen molar-refractivity contribution in [3.05, 3.63) is 64.7 Å². The van der Waals surface area contributed by atoms with Gasteiger partial charge in [0.25, 0.3) is 0 Å². The van der Waals surface area contributed by atoms with Gasteiger partial charge in [0.1, 0.15) is 0 Å². The fourth-order valence-corrected chi connectivity index (χ4v) is 2.28. The molecule has 0 fully saturated rings. The van der Waals surface area contributed by atoms with Crippen LogP contribution >= 0.6 is 15.9 Å². The van der Waals surface area contributed by atoms with Crippen molar-refractivity contribution in [2.45, 2.75) is 13.1 Å². The molecule has 0 aliphatic carbocycles. The second kappa shape index (κ2) is 6.60. The van der Waals surface area contributed by atoms with Gasteiger partial charge in [-0.1, -0.05) is 28.1 Å². The van der Waals surface area contributed by atoms with Gasteiger partial charge in [-0.15, -0.1) is 10.2 Å². The molecule has 3 aromatic rings. The van der Waals surface area contributed by atoms with E-state index in [0.29, 0.717) is 24.9 Å². The number of pyridine rings is 1. The number of rotatable bonds is 5. The topological polar surface area (TPSA) is 63.8 Å². The highest BCUT2D eigenvalue weighted by Crippen LogP contribution is 2.21. The van der Waals surface area contributed by atoms with Crippen LogP contribution in [-0.4, -0.2) is 15.2 Å². The van der Waals surface area contributed by atoms with Crippen LogP contribution in [0.4, 0.5) is 0 Å². The van der Waals surface area contributed by atoms with Gasteiger partial charge in [-0.3, -0.25) is 4.98 Å². The third-order valence-corrected chi connectivity index (χ3v) is 3.36. The molecule has 1 aromatic carbocycles. The van der Waals surface area contributed by atoms with E-state index in [4.69, 9.17) is 4.42 Å². The summed E-state index contributed by atoms with van der Waals surface area (Å²) in [6.45, 7) is 1.23. The first-order valence-corrected chi connectivity index (χ1v) is 7.28. The van der Waals surface area contributed by atoms with Crippen LogP contribution in [-0.2, 0) is 13.1 Å². The zero-order chi connectivity index (χ0) is 14.5. The number of aromatic nitrogens is 3. The molecule has 0 unspecified atom stereocenters. The Bertz CT molecular complexity index is 714. The molecule has 21 heavy (non-hydrogen) atoms. The Labute approximate surface area is 130 Å². The van der Waals surface area contributed by atoms with Gasteiger partial charge >= 0.3 is 0 Å². The van der Waals surface area contributed by atoms with E-state index in [1.165, 1.54) is 0 Å². The zero-order valence-electron chi connectivity index (χ0n) is 11.2. The summed E-state index contributed by atoms with van der Waals surface area (Å²) >= 11 is 3.43. The van der Waals surface area contributed by atoms with Gasteiger partial charge in [-0.05, 0) is 29.8 Å². The summed E-state index contributed by atoms with van der Waals surface area (Å²) in [5.74, 6) is 1.09. The molecule has 1 N–H and O–H groups in total. The Morgan fingerprint density at radius 1 is 1.10 bits per heavy atom. The molecule has 0 radical (unpaired) electrons. The number of hydrogen-bond acceptors (Lipinski definition) is 5. The van der Waals surface area contributed by atoms with Crippen molar-refractivity contribution in [3.63, 3.8) is 0 Å². The lowest BCUT2D eigenvalue weighted by molar-refractivity contribution is 0.477. The highest BCUT2D eigenvalue weighted by atomic mass is 79.9. The van der Waals surface area contributed by atoms with Crippen LogP contribution in [0.15, 0.2) is 57.7 Å². The van der Waals surface area contributed by atoms with Crippen molar-refractivity contribution in [2.75, 3.05) is 0 Å². The Morgan fingerprint density at radius 3 is 2.86 bits per heavy atom. The second-order valence-corrected chi connectivity index (χ2v) is 5.39. The Balaban J connectivity index is 1.60. The van der Waals surface area contributed by atoms with Crippen molar-refractivity contribution in [1.82, 2.24) is 20.5 Å². The summed E-state index contributed by atoms with van der Waals surface area (Å²) in [5.41, 5.74) is 2.01. The molecular weight excluding hydrogens is 332 g/mol. The highest BCUT2D eigenvalue weighted by Gasteiger charge is 2.08. The molecule has 2 aromatic heterocycles. The Morgan fingerprint density at radius 2 is 2.05 bits per heavy atom. The maximum Gasteiger partial charge on any atom is 0.247 e. The third kappa shape index (κ3) is 3.74. The fraction of sp³-hybridized carbons (Fsp3) is 0.133. The van der Waals surface area contributed by atoms with E-state index in [2.05, 4.69) is 36.4 Å². The summed E-state index contributed by atoms with van der Waals surface area (Å²) in [7, 11) is 0. The molecule has 5 nitrogen and oxygen atoms in total. The molecule has 0 saturated heterocycles. The van der Waals surface area contributed by atoms with E-state index in [9.17, 15) is 0 Å². The predicted molar refractivity (Wildman–Crippen MR) is 82.2 cm³/mol. The molecule has 0 aliphatic heterocycles. The first kappa shape index (κ1) is 13.9. The van der Waals surface area contributed by atoms with Gasteiger partial charge < -0.3 is 9.73 Å². The van der Waals surface area contributed by atoms with Crippen LogP contribution in [0.5, 0.6) is 0 Å². The van der Waals surface area contributed by atoms with Gasteiger partial charge in [0.05, 0.1) is 6.54 Å². The molecule has 0 saturated carbocycles. The SMILES string of the molecule is Brc1cccc(-c2nnc(CNCc3cccnc3)o2)c1. The minimum absolute atomic E-state index is 0.523. The lowest BCUT2D eigenvalue weighted by Gasteiger charge is -2.00. The first-order valence-electron chi connectivity index (χ1n) is 6.49. The summed E-state index contributed by atoms with van der Waals surface area (Å²) < 4.78 is 6.62. The van der Waals surface area contributed by atoms with Crippen molar-refractivity contribution in [1.29, 1.82) is 0 Å². The third-order valence-electron chi connectivity index (χ3n) is 2.87. The molecule has 0 atom stereocenters. The minimum atomic E-state index is 0.523. The molecule has 0 bridgehead atoms. The molecule has 6 heteroatoms. The van der Waals surface area contributed by atoms with Crippen LogP contribution in [0.3, 0.4) is 0 Å². The van der Waals surface area contributed by atoms with Gasteiger partial charge in [-0.25, -0.2) is 0 Å². The average molecular weight is 345 g/mol. The van der Waals surface area contributed by atoms with E-state index in [1.54, 1.807) is 6.20 Å². The number of nitrogens with one attached hydrogen (secondary N) is 1. The van der Waals surface area contributed by atoms with Crippen molar-refractivity contribution in [2.24, 2.45) is 0 Å². The normalized spacial score (nSPS) is 10.7. The fourth-order valence-electron chi connectivity index (χ4n) is 1.88. The van der Waals surface area contributed by atoms with Gasteiger partial charge in [-0.2, -0.15) is 0 Å². The number of hydrogen-bond donors (Lipinski definition) is 1. The quantitative estimate of drug-likeness (QED) is 0.769. The first-order chi connectivity index (χ1) is 10.3. The maximum absolute atomic E-state index is 5.64. The summed E-state index contributed by atoms with van der Waals surface area (Å²) in [6, 6.07) is 11.7. The van der Waals surface area contributed by atoms with E-state index in [0.717, 1.165) is 15.6 Å². The molecule has 2 heterocycles. The monoisotopic (exact) mass is 344 g/mol. The second-order valence-electron chi connectivity index (χ2n) is 4.48. The smallest absolute Gasteiger partial charge is 0.247 e. The lowest BCUT2D eigenvalue weighted by Crippen LogP contribution is -2.12. The largest absolute Gasteiger partial charge is 0.419 e. The summed E-state index contributed by atoms with van der Waals surface area (Å²) in [4.78, 5) is 4.07. The summed E-state index contributed by atoms with van der Waals surface area (Å²) in [6.07, 6.45) is 3.58. The van der Waals surface area contributed by atoms with Crippen molar-refractivity contribution in [3.8, 4) is 11.5 Å². The van der Waals surface area contributed by atoms with Crippen LogP contribution in [0.25, 0.3) is 11.5 Å². The zero-order valence-corrected chi connectivity index (χ0v) is 12.7. The van der Waals surface area contributed by atoms with Crippen LogP contribution in [0, 0.1) is 0 Å². The van der Waals surface area contributed by atoms with Crippen LogP contribution in [0.2, 0.25) is 0 Å². The molecule has 0 aliphatic rings. The number of benzene rings is 1. The summed E-state index contributed by atoms with van der Waals surface area (Å²) in [5, 5.41) is 11.4. The lowest BCUT2D eigenvalue weighted by atomic mass is 10.2. The van der Waals surface area contributed by atoms with E-state index in [1.807, 2.05) is 42.6 Å². The molecule has 0 amide bonds. The number of halogens is 1. The molecule has 106 valence electrons. The Kier molecular flexibility index (Phi) is 4.37. The molecular formula is C15H13BrN4O.